The maximum atomic E-state index is 13.3. The first-order valence-electron chi connectivity index (χ1n) is 13.1. The van der Waals surface area contributed by atoms with E-state index in [0.29, 0.717) is 60.6 Å². The summed E-state index contributed by atoms with van der Waals surface area (Å²) in [7, 11) is 1.53. The first-order chi connectivity index (χ1) is 18.5. The van der Waals surface area contributed by atoms with Crippen molar-refractivity contribution < 1.29 is 38.4 Å². The molecule has 9 heteroatoms. The van der Waals surface area contributed by atoms with E-state index in [1.807, 2.05) is 6.92 Å². The molecule has 2 aromatic carbocycles. The number of nitrogens with zero attached hydrogens (tertiary/aromatic N) is 1. The molecule has 9 nitrogen and oxygen atoms in total. The van der Waals surface area contributed by atoms with E-state index >= 15 is 0 Å². The summed E-state index contributed by atoms with van der Waals surface area (Å²) in [6.07, 6.45) is 3.08. The first kappa shape index (κ1) is 27.3. The van der Waals surface area contributed by atoms with Crippen molar-refractivity contribution in [2.45, 2.75) is 39.2 Å². The summed E-state index contributed by atoms with van der Waals surface area (Å²) in [5, 5.41) is 11.4. The van der Waals surface area contributed by atoms with Gasteiger partial charge in [-0.05, 0) is 49.2 Å². The van der Waals surface area contributed by atoms with Gasteiger partial charge in [0.05, 0.1) is 31.4 Å². The maximum absolute atomic E-state index is 13.3. The van der Waals surface area contributed by atoms with Gasteiger partial charge in [-0.1, -0.05) is 25.8 Å². The second-order valence-corrected chi connectivity index (χ2v) is 9.04. The number of ether oxygens (including phenoxy) is 5. The predicted molar refractivity (Wildman–Crippen MR) is 141 cm³/mol. The topological polar surface area (TPSA) is 104 Å². The third kappa shape index (κ3) is 5.72. The third-order valence-electron chi connectivity index (χ3n) is 6.48. The van der Waals surface area contributed by atoms with Crippen LogP contribution in [0.5, 0.6) is 23.0 Å². The second kappa shape index (κ2) is 12.7. The monoisotopic (exact) mass is 525 g/mol. The molecule has 0 spiro atoms. The molecule has 204 valence electrons. The van der Waals surface area contributed by atoms with Crippen molar-refractivity contribution in [1.82, 2.24) is 4.90 Å². The number of rotatable bonds is 12. The number of fused-ring (bicyclic) bond motifs is 1. The van der Waals surface area contributed by atoms with Crippen LogP contribution in [-0.4, -0.2) is 68.4 Å². The summed E-state index contributed by atoms with van der Waals surface area (Å²) < 4.78 is 28.2. The zero-order chi connectivity index (χ0) is 27.1. The summed E-state index contributed by atoms with van der Waals surface area (Å²) >= 11 is 0. The number of amides is 1. The molecular weight excluding hydrogens is 490 g/mol. The zero-order valence-corrected chi connectivity index (χ0v) is 22.2. The molecule has 2 aliphatic heterocycles. The number of likely N-dealkylation sites (tertiary alicyclic amines) is 1. The quantitative estimate of drug-likeness (QED) is 0.187. The van der Waals surface area contributed by atoms with Gasteiger partial charge in [-0.15, -0.1) is 0 Å². The molecule has 1 unspecified atom stereocenters. The fourth-order valence-corrected chi connectivity index (χ4v) is 4.61. The summed E-state index contributed by atoms with van der Waals surface area (Å²) in [6, 6.07) is 9.44. The van der Waals surface area contributed by atoms with E-state index in [4.69, 9.17) is 23.7 Å². The lowest BCUT2D eigenvalue weighted by molar-refractivity contribution is -0.140. The molecule has 0 saturated carbocycles. The molecule has 2 aromatic rings. The van der Waals surface area contributed by atoms with Gasteiger partial charge in [0.1, 0.15) is 19.0 Å². The minimum atomic E-state index is -0.841. The minimum Gasteiger partial charge on any atom is -0.507 e. The molecule has 0 aromatic heterocycles. The van der Waals surface area contributed by atoms with Crippen molar-refractivity contribution in [2.75, 3.05) is 46.7 Å². The molecular formula is C29H35NO8. The average molecular weight is 526 g/mol. The highest BCUT2D eigenvalue weighted by Gasteiger charge is 2.46. The zero-order valence-electron chi connectivity index (χ0n) is 22.2. The lowest BCUT2D eigenvalue weighted by atomic mass is 9.94. The van der Waals surface area contributed by atoms with E-state index in [0.717, 1.165) is 19.3 Å². The average Bonchev–Trinajstić information content (AvgIpc) is 3.19. The van der Waals surface area contributed by atoms with Gasteiger partial charge >= 0.3 is 0 Å². The van der Waals surface area contributed by atoms with Crippen LogP contribution >= 0.6 is 0 Å². The number of benzene rings is 2. The van der Waals surface area contributed by atoms with Crippen molar-refractivity contribution in [2.24, 2.45) is 0 Å². The number of ketones is 1. The summed E-state index contributed by atoms with van der Waals surface area (Å²) in [4.78, 5) is 27.8. The molecule has 2 heterocycles. The van der Waals surface area contributed by atoms with Gasteiger partial charge in [0.15, 0.2) is 23.0 Å². The van der Waals surface area contributed by atoms with Crippen molar-refractivity contribution in [3.63, 3.8) is 0 Å². The predicted octanol–water partition coefficient (Wildman–Crippen LogP) is 4.49. The van der Waals surface area contributed by atoms with Crippen molar-refractivity contribution in [3.8, 4) is 23.0 Å². The van der Waals surface area contributed by atoms with Crippen LogP contribution in [0.3, 0.4) is 0 Å². The van der Waals surface area contributed by atoms with E-state index in [-0.39, 0.29) is 24.5 Å². The molecule has 0 radical (unpaired) electrons. The fourth-order valence-electron chi connectivity index (χ4n) is 4.61. The van der Waals surface area contributed by atoms with Crippen LogP contribution in [0.4, 0.5) is 0 Å². The lowest BCUT2D eigenvalue weighted by Gasteiger charge is -2.26. The number of aliphatic hydroxyl groups excluding tert-OH is 1. The van der Waals surface area contributed by atoms with Crippen LogP contribution in [0.25, 0.3) is 5.76 Å². The molecule has 1 amide bonds. The van der Waals surface area contributed by atoms with E-state index in [1.165, 1.54) is 12.0 Å². The van der Waals surface area contributed by atoms with Crippen molar-refractivity contribution >= 4 is 17.4 Å². The Bertz CT molecular complexity index is 1190. The number of hydrogen-bond donors (Lipinski definition) is 1. The van der Waals surface area contributed by atoms with Crippen LogP contribution in [0, 0.1) is 0 Å². The highest BCUT2D eigenvalue weighted by atomic mass is 16.6. The van der Waals surface area contributed by atoms with E-state index in [9.17, 15) is 14.7 Å². The number of Topliss-reactive ketones (excluding diaryl/α,β-unsaturated/α-hetero) is 1. The van der Waals surface area contributed by atoms with Gasteiger partial charge in [0.25, 0.3) is 11.7 Å². The van der Waals surface area contributed by atoms with E-state index in [2.05, 4.69) is 6.92 Å². The second-order valence-electron chi connectivity index (χ2n) is 9.04. The largest absolute Gasteiger partial charge is 0.507 e. The minimum absolute atomic E-state index is 0.0122. The molecule has 2 aliphatic rings. The molecule has 1 N–H and O–H groups in total. The number of carbonyl (C=O) groups is 2. The standard InChI is InChI=1S/C29H35NO8/c1-4-6-7-13-36-21-10-8-19(17-23(21)35-5-2)26-25(28(32)29(33)30(26)12-14-34-3)27(31)20-9-11-22-24(18-20)38-16-15-37-22/h8-11,17-18,26,31H,4-7,12-16H2,1-3H3/b27-25+. The normalized spacial score (nSPS) is 18.1. The van der Waals surface area contributed by atoms with Crippen molar-refractivity contribution in [1.29, 1.82) is 0 Å². The van der Waals surface area contributed by atoms with E-state index in [1.54, 1.807) is 36.4 Å². The number of hydrogen-bond acceptors (Lipinski definition) is 8. The molecule has 0 aliphatic carbocycles. The molecule has 0 bridgehead atoms. The number of methoxy groups -OCH3 is 1. The van der Waals surface area contributed by atoms with Gasteiger partial charge in [0.2, 0.25) is 0 Å². The Labute approximate surface area is 222 Å². The van der Waals surface area contributed by atoms with Gasteiger partial charge in [-0.25, -0.2) is 0 Å². The Kier molecular flexibility index (Phi) is 9.12. The summed E-state index contributed by atoms with van der Waals surface area (Å²) in [6.45, 7) is 6.19. The molecule has 1 saturated heterocycles. The SMILES string of the molecule is CCCCCOc1ccc(C2/C(=C(\O)c3ccc4c(c3)OCCO4)C(=O)C(=O)N2CCOC)cc1OCC. The Hall–Kier alpha value is -3.72. The van der Waals surface area contributed by atoms with Gasteiger partial charge in [0, 0.05) is 19.2 Å². The highest BCUT2D eigenvalue weighted by Crippen LogP contribution is 2.43. The Morgan fingerprint density at radius 3 is 2.50 bits per heavy atom. The van der Waals surface area contributed by atoms with Crippen LogP contribution in [0.1, 0.15) is 50.3 Å². The number of unbranched alkanes of at least 4 members (excludes halogenated alkanes) is 2. The summed E-state index contributed by atoms with van der Waals surface area (Å²) in [5.74, 6) is 0.364. The van der Waals surface area contributed by atoms with Gasteiger partial charge < -0.3 is 33.7 Å². The Morgan fingerprint density at radius 2 is 1.76 bits per heavy atom. The first-order valence-corrected chi connectivity index (χ1v) is 13.1. The van der Waals surface area contributed by atoms with Crippen LogP contribution in [-0.2, 0) is 14.3 Å². The van der Waals surface area contributed by atoms with Crippen LogP contribution in [0.15, 0.2) is 42.0 Å². The lowest BCUT2D eigenvalue weighted by Crippen LogP contribution is -2.32. The highest BCUT2D eigenvalue weighted by molar-refractivity contribution is 6.46. The smallest absolute Gasteiger partial charge is 0.295 e. The van der Waals surface area contributed by atoms with Gasteiger partial charge in [-0.2, -0.15) is 0 Å². The van der Waals surface area contributed by atoms with Crippen LogP contribution < -0.4 is 18.9 Å². The third-order valence-corrected chi connectivity index (χ3v) is 6.48. The Morgan fingerprint density at radius 1 is 0.974 bits per heavy atom. The van der Waals surface area contributed by atoms with Crippen LogP contribution in [0.2, 0.25) is 0 Å². The number of aliphatic hydroxyl groups is 1. The van der Waals surface area contributed by atoms with Gasteiger partial charge in [-0.3, -0.25) is 9.59 Å². The fraction of sp³-hybridized carbons (Fsp3) is 0.448. The van der Waals surface area contributed by atoms with E-state index < -0.39 is 17.7 Å². The summed E-state index contributed by atoms with van der Waals surface area (Å²) in [5.41, 5.74) is 0.954. The Balaban J connectivity index is 1.77. The molecule has 1 atom stereocenters. The molecule has 1 fully saturated rings. The number of carbonyl (C=O) groups excluding carboxylic acids is 2. The molecule has 4 rings (SSSR count). The maximum Gasteiger partial charge on any atom is 0.295 e. The molecule has 38 heavy (non-hydrogen) atoms. The van der Waals surface area contributed by atoms with Crippen molar-refractivity contribution in [3.05, 3.63) is 53.1 Å².